The number of aryl methyl sites for hydroxylation is 1. The van der Waals surface area contributed by atoms with E-state index >= 15 is 0 Å². The van der Waals surface area contributed by atoms with E-state index in [0.717, 1.165) is 0 Å². The first-order valence-corrected chi connectivity index (χ1v) is 4.69. The number of halogens is 2. The van der Waals surface area contributed by atoms with Gasteiger partial charge in [-0.25, -0.2) is 8.78 Å². The van der Waals surface area contributed by atoms with E-state index in [2.05, 4.69) is 5.10 Å². The average molecular weight is 224 g/mol. The first kappa shape index (κ1) is 10.8. The maximum absolute atomic E-state index is 13.4. The van der Waals surface area contributed by atoms with Gasteiger partial charge in [0.15, 0.2) is 0 Å². The maximum atomic E-state index is 13.4. The van der Waals surface area contributed by atoms with Crippen LogP contribution in [0.15, 0.2) is 24.5 Å². The Morgan fingerprint density at radius 2 is 1.88 bits per heavy atom. The number of hydrogen-bond donors (Lipinski definition) is 1. The molecule has 2 rings (SSSR count). The minimum atomic E-state index is -0.749. The maximum Gasteiger partial charge on any atom is 0.132 e. The van der Waals surface area contributed by atoms with Crippen molar-refractivity contribution in [2.24, 2.45) is 7.05 Å². The van der Waals surface area contributed by atoms with Crippen LogP contribution in [0.1, 0.15) is 5.56 Å². The van der Waals surface area contributed by atoms with Crippen molar-refractivity contribution >= 4 is 0 Å². The molecular formula is C11H10F2N2O. The van der Waals surface area contributed by atoms with Gasteiger partial charge in [-0.15, -0.1) is 0 Å². The molecule has 1 aromatic carbocycles. The van der Waals surface area contributed by atoms with Crippen molar-refractivity contribution < 1.29 is 13.9 Å². The Labute approximate surface area is 91.0 Å². The van der Waals surface area contributed by atoms with Gasteiger partial charge in [0.1, 0.15) is 11.6 Å². The minimum Gasteiger partial charge on any atom is -0.391 e. The van der Waals surface area contributed by atoms with Gasteiger partial charge in [-0.1, -0.05) is 0 Å². The molecule has 0 aliphatic carbocycles. The van der Waals surface area contributed by atoms with Crippen LogP contribution < -0.4 is 0 Å². The molecular weight excluding hydrogens is 214 g/mol. The van der Waals surface area contributed by atoms with Gasteiger partial charge in [-0.2, -0.15) is 5.10 Å². The first-order chi connectivity index (χ1) is 7.61. The monoisotopic (exact) mass is 224 g/mol. The second kappa shape index (κ2) is 4.02. The third-order valence-corrected chi connectivity index (χ3v) is 2.34. The van der Waals surface area contributed by atoms with Gasteiger partial charge in [-0.3, -0.25) is 4.68 Å². The van der Waals surface area contributed by atoms with Crippen molar-refractivity contribution in [3.8, 4) is 11.1 Å². The number of aliphatic hydroxyl groups excluding tert-OH is 1. The number of aliphatic hydroxyl groups is 1. The molecule has 0 fully saturated rings. The predicted molar refractivity (Wildman–Crippen MR) is 54.5 cm³/mol. The lowest BCUT2D eigenvalue weighted by molar-refractivity contribution is 0.269. The Hall–Kier alpha value is -1.75. The van der Waals surface area contributed by atoms with E-state index < -0.39 is 18.2 Å². The van der Waals surface area contributed by atoms with Gasteiger partial charge >= 0.3 is 0 Å². The highest BCUT2D eigenvalue weighted by Gasteiger charge is 2.11. The van der Waals surface area contributed by atoms with Gasteiger partial charge in [0.2, 0.25) is 0 Å². The molecule has 0 saturated heterocycles. The van der Waals surface area contributed by atoms with Crippen molar-refractivity contribution in [1.29, 1.82) is 0 Å². The molecule has 1 N–H and O–H groups in total. The van der Waals surface area contributed by atoms with Gasteiger partial charge in [0.05, 0.1) is 12.8 Å². The number of hydrogen-bond acceptors (Lipinski definition) is 2. The summed E-state index contributed by atoms with van der Waals surface area (Å²) in [5.74, 6) is -1.50. The van der Waals surface area contributed by atoms with E-state index in [9.17, 15) is 8.78 Å². The fraction of sp³-hybridized carbons (Fsp3) is 0.182. The van der Waals surface area contributed by atoms with Crippen molar-refractivity contribution in [2.75, 3.05) is 0 Å². The van der Waals surface area contributed by atoms with Crippen LogP contribution in [0.5, 0.6) is 0 Å². The molecule has 0 atom stereocenters. The number of rotatable bonds is 2. The summed E-state index contributed by atoms with van der Waals surface area (Å²) in [5, 5.41) is 12.7. The summed E-state index contributed by atoms with van der Waals surface area (Å²) >= 11 is 0. The quantitative estimate of drug-likeness (QED) is 0.845. The van der Waals surface area contributed by atoms with Crippen LogP contribution >= 0.6 is 0 Å². The lowest BCUT2D eigenvalue weighted by Crippen LogP contribution is -1.96. The molecule has 16 heavy (non-hydrogen) atoms. The second-order valence-corrected chi connectivity index (χ2v) is 3.48. The molecule has 1 aromatic heterocycles. The molecule has 0 radical (unpaired) electrons. The van der Waals surface area contributed by atoms with Gasteiger partial charge in [-0.05, 0) is 17.7 Å². The van der Waals surface area contributed by atoms with E-state index in [-0.39, 0.29) is 5.56 Å². The topological polar surface area (TPSA) is 38.0 Å². The first-order valence-electron chi connectivity index (χ1n) is 4.69. The molecule has 1 heterocycles. The molecule has 0 bridgehead atoms. The molecule has 2 aromatic rings. The third kappa shape index (κ3) is 1.81. The Morgan fingerprint density at radius 3 is 2.31 bits per heavy atom. The summed E-state index contributed by atoms with van der Waals surface area (Å²) < 4.78 is 28.3. The summed E-state index contributed by atoms with van der Waals surface area (Å²) in [6, 6.07) is 2.37. The van der Waals surface area contributed by atoms with Crippen molar-refractivity contribution in [1.82, 2.24) is 9.78 Å². The molecule has 3 nitrogen and oxygen atoms in total. The zero-order valence-electron chi connectivity index (χ0n) is 8.61. The fourth-order valence-electron chi connectivity index (χ4n) is 1.49. The van der Waals surface area contributed by atoms with E-state index in [1.165, 1.54) is 18.3 Å². The molecule has 84 valence electrons. The van der Waals surface area contributed by atoms with Crippen LogP contribution in [0.3, 0.4) is 0 Å². The number of aromatic nitrogens is 2. The smallest absolute Gasteiger partial charge is 0.132 e. The summed E-state index contributed by atoms with van der Waals surface area (Å²) in [6.45, 7) is -0.648. The highest BCUT2D eigenvalue weighted by Crippen LogP contribution is 2.23. The van der Waals surface area contributed by atoms with Crippen LogP contribution in [0, 0.1) is 11.6 Å². The van der Waals surface area contributed by atoms with Gasteiger partial charge in [0, 0.05) is 24.4 Å². The zero-order valence-corrected chi connectivity index (χ0v) is 8.61. The summed E-state index contributed by atoms with van der Waals surface area (Å²) in [6.07, 6.45) is 3.18. The predicted octanol–water partition coefficient (Wildman–Crippen LogP) is 1.86. The molecule has 0 spiro atoms. The van der Waals surface area contributed by atoms with Crippen LogP contribution in [-0.2, 0) is 13.7 Å². The standard InChI is InChI=1S/C11H10F2N2O/c1-15-5-8(4-14-15)7-2-10(12)9(6-16)11(13)3-7/h2-5,16H,6H2,1H3. The largest absolute Gasteiger partial charge is 0.391 e. The van der Waals surface area contributed by atoms with Crippen LogP contribution in [0.25, 0.3) is 11.1 Å². The van der Waals surface area contributed by atoms with Gasteiger partial charge < -0.3 is 5.11 Å². The lowest BCUT2D eigenvalue weighted by atomic mass is 10.1. The number of nitrogens with zero attached hydrogens (tertiary/aromatic N) is 2. The van der Waals surface area contributed by atoms with E-state index in [4.69, 9.17) is 5.11 Å². The van der Waals surface area contributed by atoms with Crippen LogP contribution in [0.4, 0.5) is 8.78 Å². The minimum absolute atomic E-state index is 0.312. The second-order valence-electron chi connectivity index (χ2n) is 3.48. The Morgan fingerprint density at radius 1 is 1.25 bits per heavy atom. The average Bonchev–Trinajstić information content (AvgIpc) is 2.64. The van der Waals surface area contributed by atoms with E-state index in [1.807, 2.05) is 0 Å². The highest BCUT2D eigenvalue weighted by atomic mass is 19.1. The zero-order chi connectivity index (χ0) is 11.7. The molecule has 0 saturated carbocycles. The fourth-order valence-corrected chi connectivity index (χ4v) is 1.49. The van der Waals surface area contributed by atoms with E-state index in [1.54, 1.807) is 17.9 Å². The van der Waals surface area contributed by atoms with Crippen molar-refractivity contribution in [3.05, 3.63) is 41.7 Å². The molecule has 5 heteroatoms. The van der Waals surface area contributed by atoms with E-state index in [0.29, 0.717) is 11.1 Å². The Balaban J connectivity index is 2.52. The van der Waals surface area contributed by atoms with Crippen molar-refractivity contribution in [2.45, 2.75) is 6.61 Å². The van der Waals surface area contributed by atoms with Gasteiger partial charge in [0.25, 0.3) is 0 Å². The molecule has 0 aliphatic rings. The Kier molecular flexibility index (Phi) is 2.70. The summed E-state index contributed by atoms with van der Waals surface area (Å²) in [5.41, 5.74) is 0.720. The summed E-state index contributed by atoms with van der Waals surface area (Å²) in [7, 11) is 1.72. The summed E-state index contributed by atoms with van der Waals surface area (Å²) in [4.78, 5) is 0. The third-order valence-electron chi connectivity index (χ3n) is 2.34. The molecule has 0 aliphatic heterocycles. The molecule has 0 unspecified atom stereocenters. The van der Waals surface area contributed by atoms with Crippen molar-refractivity contribution in [3.63, 3.8) is 0 Å². The normalized spacial score (nSPS) is 10.8. The molecule has 0 amide bonds. The number of benzene rings is 1. The van der Waals surface area contributed by atoms with Crippen LogP contribution in [-0.4, -0.2) is 14.9 Å². The SMILES string of the molecule is Cn1cc(-c2cc(F)c(CO)c(F)c2)cn1. The lowest BCUT2D eigenvalue weighted by Gasteiger charge is -2.04. The Bertz CT molecular complexity index is 499. The highest BCUT2D eigenvalue weighted by molar-refractivity contribution is 5.62. The van der Waals surface area contributed by atoms with Crippen LogP contribution in [0.2, 0.25) is 0 Å².